The minimum Gasteiger partial charge on any atom is -0.380 e. The van der Waals surface area contributed by atoms with E-state index in [1.54, 1.807) is 12.4 Å². The first-order valence-electron chi connectivity index (χ1n) is 5.00. The van der Waals surface area contributed by atoms with Gasteiger partial charge in [-0.25, -0.2) is 4.98 Å². The summed E-state index contributed by atoms with van der Waals surface area (Å²) in [6.07, 6.45) is 4.30. The predicted octanol–water partition coefficient (Wildman–Crippen LogP) is 1.84. The third kappa shape index (κ3) is 4.95. The second-order valence-electron chi connectivity index (χ2n) is 3.07. The van der Waals surface area contributed by atoms with Gasteiger partial charge in [0, 0.05) is 31.4 Å². The van der Waals surface area contributed by atoms with Crippen molar-refractivity contribution in [1.82, 2.24) is 9.97 Å². The predicted molar refractivity (Wildman–Crippen MR) is 61.4 cm³/mol. The van der Waals surface area contributed by atoms with Crippen LogP contribution in [0.25, 0.3) is 0 Å². The van der Waals surface area contributed by atoms with Crippen molar-refractivity contribution < 1.29 is 4.74 Å². The molecule has 0 aliphatic heterocycles. The lowest BCUT2D eigenvalue weighted by molar-refractivity contribution is 0.149. The van der Waals surface area contributed by atoms with Crippen LogP contribution in [-0.2, 0) is 4.74 Å². The Balaban J connectivity index is 2.12. The molecule has 1 N–H and O–H groups in total. The smallest absolute Gasteiger partial charge is 0.147 e. The number of aryl methyl sites for hydroxylation is 1. The van der Waals surface area contributed by atoms with E-state index < -0.39 is 0 Å². The van der Waals surface area contributed by atoms with Gasteiger partial charge in [-0.3, -0.25) is 4.98 Å². The molecular formula is C10H16ClN3O. The van der Waals surface area contributed by atoms with E-state index >= 15 is 0 Å². The molecule has 0 radical (unpaired) electrons. The molecule has 15 heavy (non-hydrogen) atoms. The number of aromatic nitrogens is 2. The highest BCUT2D eigenvalue weighted by atomic mass is 35.5. The highest BCUT2D eigenvalue weighted by Crippen LogP contribution is 2.05. The molecule has 0 aromatic carbocycles. The molecule has 0 aliphatic rings. The highest BCUT2D eigenvalue weighted by molar-refractivity contribution is 6.17. The number of rotatable bonds is 7. The van der Waals surface area contributed by atoms with Crippen LogP contribution in [0.4, 0.5) is 5.82 Å². The van der Waals surface area contributed by atoms with Crippen LogP contribution in [0.3, 0.4) is 0 Å². The fraction of sp³-hybridized carbons (Fsp3) is 0.600. The fourth-order valence-electron chi connectivity index (χ4n) is 1.12. The number of halogens is 1. The van der Waals surface area contributed by atoms with Crippen LogP contribution < -0.4 is 5.32 Å². The molecule has 5 heteroatoms. The topological polar surface area (TPSA) is 47.0 Å². The lowest BCUT2D eigenvalue weighted by Gasteiger charge is -2.07. The maximum atomic E-state index is 5.47. The van der Waals surface area contributed by atoms with Crippen LogP contribution in [0.2, 0.25) is 0 Å². The molecule has 0 bridgehead atoms. The summed E-state index contributed by atoms with van der Waals surface area (Å²) in [7, 11) is 0. The summed E-state index contributed by atoms with van der Waals surface area (Å²) < 4.78 is 5.24. The Hall–Kier alpha value is -0.870. The molecule has 0 atom stereocenters. The molecular weight excluding hydrogens is 214 g/mol. The van der Waals surface area contributed by atoms with E-state index in [-0.39, 0.29) is 0 Å². The molecule has 4 nitrogen and oxygen atoms in total. The zero-order valence-corrected chi connectivity index (χ0v) is 9.63. The van der Waals surface area contributed by atoms with Crippen LogP contribution in [0, 0.1) is 6.92 Å². The summed E-state index contributed by atoms with van der Waals surface area (Å²) in [5, 5.41) is 3.20. The van der Waals surface area contributed by atoms with Crippen molar-refractivity contribution in [2.24, 2.45) is 0 Å². The number of hydrogen-bond acceptors (Lipinski definition) is 4. The molecule has 0 aliphatic carbocycles. The molecule has 0 spiro atoms. The van der Waals surface area contributed by atoms with Crippen molar-refractivity contribution in [2.75, 3.05) is 31.0 Å². The summed E-state index contributed by atoms with van der Waals surface area (Å²) in [6.45, 7) is 4.10. The van der Waals surface area contributed by atoms with Crippen molar-refractivity contribution in [1.29, 1.82) is 0 Å². The molecule has 1 aromatic heterocycles. The van der Waals surface area contributed by atoms with Gasteiger partial charge in [-0.15, -0.1) is 11.6 Å². The van der Waals surface area contributed by atoms with E-state index in [1.165, 1.54) is 0 Å². The second-order valence-corrected chi connectivity index (χ2v) is 3.45. The molecule has 0 unspecified atom stereocenters. The van der Waals surface area contributed by atoms with Gasteiger partial charge in [-0.2, -0.15) is 0 Å². The van der Waals surface area contributed by atoms with Crippen molar-refractivity contribution in [2.45, 2.75) is 13.3 Å². The van der Waals surface area contributed by atoms with Gasteiger partial charge in [0.05, 0.1) is 12.3 Å². The number of anilines is 1. The number of ether oxygens (including phenoxy) is 1. The Kier molecular flexibility index (Phi) is 6.04. The summed E-state index contributed by atoms with van der Waals surface area (Å²) in [5.41, 5.74) is 0.916. The average molecular weight is 230 g/mol. The normalized spacial score (nSPS) is 10.3. The summed E-state index contributed by atoms with van der Waals surface area (Å²) >= 11 is 5.47. The zero-order valence-electron chi connectivity index (χ0n) is 8.87. The second kappa shape index (κ2) is 7.43. The minimum absolute atomic E-state index is 0.552. The quantitative estimate of drug-likeness (QED) is 0.573. The fourth-order valence-corrected chi connectivity index (χ4v) is 1.23. The molecule has 1 aromatic rings. The standard InChI is InChI=1S/C10H16ClN3O/c1-9-10(14-6-5-12-9)13-4-2-7-15-8-3-11/h5-6H,2-4,7-8H2,1H3,(H,13,14). The number of nitrogens with zero attached hydrogens (tertiary/aromatic N) is 2. The van der Waals surface area contributed by atoms with Crippen LogP contribution in [0.15, 0.2) is 12.4 Å². The van der Waals surface area contributed by atoms with Gasteiger partial charge < -0.3 is 10.1 Å². The van der Waals surface area contributed by atoms with Crippen LogP contribution in [-0.4, -0.2) is 35.6 Å². The molecule has 84 valence electrons. The van der Waals surface area contributed by atoms with Crippen molar-refractivity contribution in [3.05, 3.63) is 18.1 Å². The first-order chi connectivity index (χ1) is 7.34. The number of alkyl halides is 1. The summed E-state index contributed by atoms with van der Waals surface area (Å²) in [4.78, 5) is 8.31. The maximum absolute atomic E-state index is 5.47. The van der Waals surface area contributed by atoms with Crippen LogP contribution in [0.5, 0.6) is 0 Å². The SMILES string of the molecule is Cc1nccnc1NCCCOCCCl. The van der Waals surface area contributed by atoms with E-state index in [2.05, 4.69) is 15.3 Å². The Morgan fingerprint density at radius 2 is 2.13 bits per heavy atom. The Morgan fingerprint density at radius 3 is 2.87 bits per heavy atom. The molecule has 0 saturated heterocycles. The van der Waals surface area contributed by atoms with E-state index in [1.807, 2.05) is 6.92 Å². The Morgan fingerprint density at radius 1 is 1.33 bits per heavy atom. The zero-order chi connectivity index (χ0) is 10.9. The van der Waals surface area contributed by atoms with Gasteiger partial charge in [0.2, 0.25) is 0 Å². The van der Waals surface area contributed by atoms with Crippen LogP contribution in [0.1, 0.15) is 12.1 Å². The lowest BCUT2D eigenvalue weighted by atomic mass is 10.4. The van der Waals surface area contributed by atoms with E-state index in [9.17, 15) is 0 Å². The van der Waals surface area contributed by atoms with Crippen LogP contribution >= 0.6 is 11.6 Å². The van der Waals surface area contributed by atoms with Gasteiger partial charge >= 0.3 is 0 Å². The molecule has 1 rings (SSSR count). The highest BCUT2D eigenvalue weighted by Gasteiger charge is 1.97. The van der Waals surface area contributed by atoms with Crippen molar-refractivity contribution in [3.63, 3.8) is 0 Å². The van der Waals surface area contributed by atoms with E-state index in [4.69, 9.17) is 16.3 Å². The van der Waals surface area contributed by atoms with Gasteiger partial charge in [0.1, 0.15) is 5.82 Å². The van der Waals surface area contributed by atoms with Gasteiger partial charge in [-0.1, -0.05) is 0 Å². The van der Waals surface area contributed by atoms with Gasteiger partial charge in [-0.05, 0) is 13.3 Å². The molecule has 0 fully saturated rings. The van der Waals surface area contributed by atoms with Gasteiger partial charge in [0.15, 0.2) is 0 Å². The first-order valence-corrected chi connectivity index (χ1v) is 5.53. The largest absolute Gasteiger partial charge is 0.380 e. The molecule has 0 amide bonds. The van der Waals surface area contributed by atoms with E-state index in [0.29, 0.717) is 12.5 Å². The number of nitrogens with one attached hydrogen (secondary N) is 1. The van der Waals surface area contributed by atoms with E-state index in [0.717, 1.165) is 31.1 Å². The first kappa shape index (κ1) is 12.2. The maximum Gasteiger partial charge on any atom is 0.147 e. The van der Waals surface area contributed by atoms with Crippen molar-refractivity contribution in [3.8, 4) is 0 Å². The monoisotopic (exact) mass is 229 g/mol. The Bertz CT molecular complexity index is 283. The lowest BCUT2D eigenvalue weighted by Crippen LogP contribution is -2.09. The third-order valence-corrected chi connectivity index (χ3v) is 2.01. The molecule has 1 heterocycles. The van der Waals surface area contributed by atoms with Gasteiger partial charge in [0.25, 0.3) is 0 Å². The Labute approximate surface area is 95.0 Å². The number of hydrogen-bond donors (Lipinski definition) is 1. The minimum atomic E-state index is 0.552. The third-order valence-electron chi connectivity index (χ3n) is 1.86. The summed E-state index contributed by atoms with van der Waals surface area (Å²) in [6, 6.07) is 0. The van der Waals surface area contributed by atoms with Crippen molar-refractivity contribution >= 4 is 17.4 Å². The summed E-state index contributed by atoms with van der Waals surface area (Å²) in [5.74, 6) is 1.39. The average Bonchev–Trinajstić information content (AvgIpc) is 2.25. The molecule has 0 saturated carbocycles.